The monoisotopic (exact) mass is 305 g/mol. The molecular weight excluding hydrogens is 290 g/mol. The SMILES string of the molecule is Fc1cc(F)c(F)c(NC2CCOC3(CCOC3)C2)c1F. The number of anilines is 1. The smallest absolute Gasteiger partial charge is 0.185 e. The minimum Gasteiger partial charge on any atom is -0.378 e. The van der Waals surface area contributed by atoms with Crippen molar-refractivity contribution in [1.82, 2.24) is 0 Å². The Morgan fingerprint density at radius 3 is 2.43 bits per heavy atom. The van der Waals surface area contributed by atoms with Crippen LogP contribution >= 0.6 is 0 Å². The maximum Gasteiger partial charge on any atom is 0.185 e. The maximum atomic E-state index is 13.7. The molecule has 0 saturated carbocycles. The van der Waals surface area contributed by atoms with Gasteiger partial charge in [-0.2, -0.15) is 0 Å². The van der Waals surface area contributed by atoms with E-state index in [0.29, 0.717) is 39.1 Å². The van der Waals surface area contributed by atoms with Crippen LogP contribution in [0.4, 0.5) is 23.2 Å². The molecule has 2 atom stereocenters. The fourth-order valence-electron chi connectivity index (χ4n) is 2.92. The van der Waals surface area contributed by atoms with Crippen LogP contribution in [0.15, 0.2) is 6.07 Å². The standard InChI is InChI=1S/C14H15F4NO2/c15-9-5-10(16)12(18)13(11(9)17)19-8-1-3-21-14(6-8)2-4-20-7-14/h5,8,19H,1-4,6-7H2. The maximum absolute atomic E-state index is 13.7. The zero-order valence-electron chi connectivity index (χ0n) is 11.2. The summed E-state index contributed by atoms with van der Waals surface area (Å²) >= 11 is 0. The first kappa shape index (κ1) is 14.6. The summed E-state index contributed by atoms with van der Waals surface area (Å²) in [5.74, 6) is -5.64. The molecule has 2 saturated heterocycles. The van der Waals surface area contributed by atoms with Crippen molar-refractivity contribution < 1.29 is 27.0 Å². The van der Waals surface area contributed by atoms with E-state index in [1.165, 1.54) is 0 Å². The molecule has 0 amide bonds. The molecule has 1 aromatic rings. The zero-order chi connectivity index (χ0) is 15.0. The molecule has 2 aliphatic heterocycles. The van der Waals surface area contributed by atoms with Crippen LogP contribution in [0.3, 0.4) is 0 Å². The van der Waals surface area contributed by atoms with E-state index in [9.17, 15) is 17.6 Å². The summed E-state index contributed by atoms with van der Waals surface area (Å²) in [5, 5.41) is 2.58. The van der Waals surface area contributed by atoms with Crippen molar-refractivity contribution in [3.63, 3.8) is 0 Å². The van der Waals surface area contributed by atoms with E-state index in [2.05, 4.69) is 5.32 Å². The van der Waals surface area contributed by atoms with Gasteiger partial charge in [0.05, 0.1) is 12.2 Å². The van der Waals surface area contributed by atoms with E-state index < -0.39 is 34.6 Å². The molecule has 3 rings (SSSR count). The second kappa shape index (κ2) is 5.46. The van der Waals surface area contributed by atoms with Crippen molar-refractivity contribution in [2.45, 2.75) is 30.9 Å². The Bertz CT molecular complexity index is 520. The van der Waals surface area contributed by atoms with Crippen LogP contribution in [0.25, 0.3) is 0 Å². The van der Waals surface area contributed by atoms with Crippen LogP contribution in [-0.4, -0.2) is 31.5 Å². The Hall–Kier alpha value is -1.34. The summed E-state index contributed by atoms with van der Waals surface area (Å²) in [6.07, 6.45) is 1.68. The van der Waals surface area contributed by atoms with E-state index in [0.717, 1.165) is 0 Å². The number of ether oxygens (including phenoxy) is 2. The molecule has 2 aliphatic rings. The average molecular weight is 305 g/mol. The Balaban J connectivity index is 1.80. The van der Waals surface area contributed by atoms with Gasteiger partial charge in [-0.1, -0.05) is 0 Å². The highest BCUT2D eigenvalue weighted by atomic mass is 19.2. The third-order valence-corrected chi connectivity index (χ3v) is 4.02. The molecule has 0 radical (unpaired) electrons. The van der Waals surface area contributed by atoms with Crippen LogP contribution in [0.5, 0.6) is 0 Å². The van der Waals surface area contributed by atoms with Crippen molar-refractivity contribution >= 4 is 5.69 Å². The molecule has 0 aromatic heterocycles. The third kappa shape index (κ3) is 2.72. The number of halogens is 4. The largest absolute Gasteiger partial charge is 0.378 e. The first-order valence-corrected chi connectivity index (χ1v) is 6.82. The first-order valence-electron chi connectivity index (χ1n) is 6.82. The fraction of sp³-hybridized carbons (Fsp3) is 0.571. The van der Waals surface area contributed by atoms with Crippen molar-refractivity contribution in [1.29, 1.82) is 0 Å². The van der Waals surface area contributed by atoms with Crippen molar-refractivity contribution in [3.05, 3.63) is 29.3 Å². The Labute approximate surface area is 119 Å². The van der Waals surface area contributed by atoms with E-state index in [-0.39, 0.29) is 12.1 Å². The van der Waals surface area contributed by atoms with Gasteiger partial charge in [0.2, 0.25) is 0 Å². The second-order valence-corrected chi connectivity index (χ2v) is 5.51. The number of hydrogen-bond acceptors (Lipinski definition) is 3. The van der Waals surface area contributed by atoms with E-state index in [1.807, 2.05) is 0 Å². The quantitative estimate of drug-likeness (QED) is 0.673. The topological polar surface area (TPSA) is 30.5 Å². The normalized spacial score (nSPS) is 29.0. The molecule has 2 fully saturated rings. The summed E-state index contributed by atoms with van der Waals surface area (Å²) < 4.78 is 64.7. The van der Waals surface area contributed by atoms with E-state index in [1.54, 1.807) is 0 Å². The number of benzene rings is 1. The van der Waals surface area contributed by atoms with Crippen LogP contribution < -0.4 is 5.32 Å². The van der Waals surface area contributed by atoms with Crippen molar-refractivity contribution in [2.24, 2.45) is 0 Å². The molecule has 1 aromatic carbocycles. The molecule has 116 valence electrons. The minimum atomic E-state index is -1.41. The molecular formula is C14H15F4NO2. The lowest BCUT2D eigenvalue weighted by molar-refractivity contribution is -0.0829. The van der Waals surface area contributed by atoms with Gasteiger partial charge >= 0.3 is 0 Å². The van der Waals surface area contributed by atoms with Crippen LogP contribution in [0, 0.1) is 23.3 Å². The highest BCUT2D eigenvalue weighted by Gasteiger charge is 2.41. The lowest BCUT2D eigenvalue weighted by Gasteiger charge is -2.37. The van der Waals surface area contributed by atoms with Gasteiger partial charge < -0.3 is 14.8 Å². The predicted octanol–water partition coefficient (Wildman–Crippen LogP) is 2.99. The van der Waals surface area contributed by atoms with Crippen LogP contribution in [0.2, 0.25) is 0 Å². The molecule has 2 unspecified atom stereocenters. The average Bonchev–Trinajstić information content (AvgIpc) is 2.89. The van der Waals surface area contributed by atoms with Gasteiger partial charge in [0.15, 0.2) is 23.3 Å². The minimum absolute atomic E-state index is 0.201. The van der Waals surface area contributed by atoms with Crippen molar-refractivity contribution in [3.8, 4) is 0 Å². The molecule has 1 spiro atoms. The molecule has 1 N–H and O–H groups in total. The third-order valence-electron chi connectivity index (χ3n) is 4.02. The molecule has 21 heavy (non-hydrogen) atoms. The highest BCUT2D eigenvalue weighted by Crippen LogP contribution is 2.35. The van der Waals surface area contributed by atoms with Gasteiger partial charge in [-0.25, -0.2) is 17.6 Å². The lowest BCUT2D eigenvalue weighted by atomic mass is 9.89. The molecule has 7 heteroatoms. The summed E-state index contributed by atoms with van der Waals surface area (Å²) in [4.78, 5) is 0. The fourth-order valence-corrected chi connectivity index (χ4v) is 2.92. The van der Waals surface area contributed by atoms with Crippen LogP contribution in [-0.2, 0) is 9.47 Å². The second-order valence-electron chi connectivity index (χ2n) is 5.51. The number of rotatable bonds is 2. The summed E-state index contributed by atoms with van der Waals surface area (Å²) in [6.45, 7) is 1.40. The zero-order valence-corrected chi connectivity index (χ0v) is 11.2. The molecule has 2 heterocycles. The van der Waals surface area contributed by atoms with Gasteiger partial charge in [-0.3, -0.25) is 0 Å². The first-order chi connectivity index (χ1) is 10.0. The molecule has 3 nitrogen and oxygen atoms in total. The predicted molar refractivity (Wildman–Crippen MR) is 67.0 cm³/mol. The lowest BCUT2D eigenvalue weighted by Crippen LogP contribution is -2.45. The highest BCUT2D eigenvalue weighted by molar-refractivity contribution is 5.48. The number of nitrogens with one attached hydrogen (secondary N) is 1. The number of hydrogen-bond donors (Lipinski definition) is 1. The van der Waals surface area contributed by atoms with Crippen LogP contribution in [0.1, 0.15) is 19.3 Å². The van der Waals surface area contributed by atoms with Gasteiger partial charge in [0.1, 0.15) is 5.69 Å². The Morgan fingerprint density at radius 1 is 1.10 bits per heavy atom. The van der Waals surface area contributed by atoms with Crippen molar-refractivity contribution in [2.75, 3.05) is 25.1 Å². The Morgan fingerprint density at radius 2 is 1.81 bits per heavy atom. The summed E-state index contributed by atoms with van der Waals surface area (Å²) in [5.41, 5.74) is -1.22. The molecule has 0 aliphatic carbocycles. The molecule has 0 bridgehead atoms. The van der Waals surface area contributed by atoms with Gasteiger partial charge in [-0.15, -0.1) is 0 Å². The summed E-state index contributed by atoms with van der Waals surface area (Å²) in [7, 11) is 0. The summed E-state index contributed by atoms with van der Waals surface area (Å²) in [6, 6.07) is -0.128. The van der Waals surface area contributed by atoms with E-state index >= 15 is 0 Å². The Kier molecular flexibility index (Phi) is 3.79. The van der Waals surface area contributed by atoms with Gasteiger partial charge in [0, 0.05) is 31.7 Å². The van der Waals surface area contributed by atoms with E-state index in [4.69, 9.17) is 9.47 Å². The van der Waals surface area contributed by atoms with Gasteiger partial charge in [-0.05, 0) is 12.8 Å². The van der Waals surface area contributed by atoms with Gasteiger partial charge in [0.25, 0.3) is 0 Å².